The van der Waals surface area contributed by atoms with E-state index in [0.29, 0.717) is 24.9 Å². The molecule has 2 N–H and O–H groups in total. The molecular weight excluding hydrogens is 294 g/mol. The molecule has 2 heterocycles. The van der Waals surface area contributed by atoms with Gasteiger partial charge in [-0.25, -0.2) is 4.79 Å². The second kappa shape index (κ2) is 6.99. The molecule has 4 rings (SSSR count). The maximum absolute atomic E-state index is 11.4. The van der Waals surface area contributed by atoms with E-state index in [0.717, 1.165) is 25.0 Å². The lowest BCUT2D eigenvalue weighted by molar-refractivity contribution is -0.142. The predicted molar refractivity (Wildman–Crippen MR) is 86.2 cm³/mol. The molecule has 1 aromatic carbocycles. The van der Waals surface area contributed by atoms with Gasteiger partial charge in [-0.3, -0.25) is 0 Å². The van der Waals surface area contributed by atoms with Crippen LogP contribution in [0.25, 0.3) is 0 Å². The number of carbonyl (C=O) groups excluding carboxylic acids is 1. The van der Waals surface area contributed by atoms with Crippen molar-refractivity contribution in [3.8, 4) is 0 Å². The summed E-state index contributed by atoms with van der Waals surface area (Å²) in [5, 5.41) is 0. The Bertz CT molecular complexity index is 521. The smallest absolute Gasteiger partial charge is 0.337 e. The van der Waals surface area contributed by atoms with Gasteiger partial charge in [-0.15, -0.1) is 0 Å². The second-order valence-corrected chi connectivity index (χ2v) is 6.75. The highest BCUT2D eigenvalue weighted by Gasteiger charge is 2.41. The van der Waals surface area contributed by atoms with Crippen molar-refractivity contribution in [1.29, 1.82) is 0 Å². The van der Waals surface area contributed by atoms with Gasteiger partial charge in [-0.05, 0) is 43.4 Å². The molecule has 0 radical (unpaired) electrons. The standard InChI is InChI=1S/C18H25NO4/c1-21-17(20)14-4-2-13(3-5-14)16(19)10-22-11-18-8-6-15(7-9-18)23-12-18/h2-5,15-16H,6-12,19H2,1H3/t15?,16-,18?/m0/s1. The summed E-state index contributed by atoms with van der Waals surface area (Å²) >= 11 is 0. The van der Waals surface area contributed by atoms with Gasteiger partial charge in [0, 0.05) is 5.41 Å². The molecule has 2 saturated heterocycles. The molecule has 23 heavy (non-hydrogen) atoms. The summed E-state index contributed by atoms with van der Waals surface area (Å²) in [4.78, 5) is 11.4. The topological polar surface area (TPSA) is 70.8 Å². The lowest BCUT2D eigenvalue weighted by Gasteiger charge is -2.46. The number of carbonyl (C=O) groups is 1. The SMILES string of the molecule is COC(=O)c1ccc([C@@H](N)COCC23CCC(CC2)OC3)cc1. The Morgan fingerprint density at radius 1 is 1.35 bits per heavy atom. The van der Waals surface area contributed by atoms with Crippen molar-refractivity contribution in [2.45, 2.75) is 37.8 Å². The van der Waals surface area contributed by atoms with Crippen LogP contribution in [0.5, 0.6) is 0 Å². The number of hydrogen-bond acceptors (Lipinski definition) is 5. The van der Waals surface area contributed by atoms with Crippen molar-refractivity contribution in [2.24, 2.45) is 11.1 Å². The molecule has 5 heteroatoms. The zero-order valence-corrected chi connectivity index (χ0v) is 13.6. The first-order valence-corrected chi connectivity index (χ1v) is 8.25. The molecule has 0 aromatic heterocycles. The van der Waals surface area contributed by atoms with Crippen molar-refractivity contribution < 1.29 is 19.0 Å². The summed E-state index contributed by atoms with van der Waals surface area (Å²) in [6.45, 7) is 2.01. The molecule has 0 spiro atoms. The zero-order chi connectivity index (χ0) is 16.3. The molecule has 0 amide bonds. The van der Waals surface area contributed by atoms with Crippen LogP contribution in [0.2, 0.25) is 0 Å². The van der Waals surface area contributed by atoms with Gasteiger partial charge in [0.25, 0.3) is 0 Å². The predicted octanol–water partition coefficient (Wildman–Crippen LogP) is 2.45. The minimum absolute atomic E-state index is 0.195. The van der Waals surface area contributed by atoms with Gasteiger partial charge in [-0.1, -0.05) is 12.1 Å². The number of fused-ring (bicyclic) bond motifs is 3. The first-order valence-electron chi connectivity index (χ1n) is 8.25. The van der Waals surface area contributed by atoms with Gasteiger partial charge in [0.2, 0.25) is 0 Å². The van der Waals surface area contributed by atoms with Crippen LogP contribution < -0.4 is 5.73 Å². The van der Waals surface area contributed by atoms with E-state index in [1.165, 1.54) is 20.0 Å². The van der Waals surface area contributed by atoms with E-state index in [1.54, 1.807) is 12.1 Å². The Morgan fingerprint density at radius 2 is 2.04 bits per heavy atom. The van der Waals surface area contributed by atoms with E-state index in [1.807, 2.05) is 12.1 Å². The maximum Gasteiger partial charge on any atom is 0.337 e. The minimum Gasteiger partial charge on any atom is -0.465 e. The fourth-order valence-corrected chi connectivity index (χ4v) is 3.48. The van der Waals surface area contributed by atoms with E-state index in [4.69, 9.17) is 15.2 Å². The first-order chi connectivity index (χ1) is 11.1. The third kappa shape index (κ3) is 3.74. The number of esters is 1. The second-order valence-electron chi connectivity index (χ2n) is 6.75. The molecule has 2 bridgehead atoms. The Morgan fingerprint density at radius 3 is 2.61 bits per heavy atom. The number of rotatable bonds is 6. The number of benzene rings is 1. The molecule has 126 valence electrons. The third-order valence-corrected chi connectivity index (χ3v) is 5.08. The molecule has 2 aliphatic heterocycles. The lowest BCUT2D eigenvalue weighted by Crippen LogP contribution is -2.45. The van der Waals surface area contributed by atoms with Crippen LogP contribution in [0, 0.1) is 5.41 Å². The summed E-state index contributed by atoms with van der Waals surface area (Å²) in [6.07, 6.45) is 5.18. The van der Waals surface area contributed by atoms with E-state index in [2.05, 4.69) is 4.74 Å². The van der Waals surface area contributed by atoms with E-state index in [9.17, 15) is 4.79 Å². The Balaban J connectivity index is 1.49. The molecule has 1 aliphatic carbocycles. The Labute approximate surface area is 137 Å². The van der Waals surface area contributed by atoms with E-state index < -0.39 is 0 Å². The van der Waals surface area contributed by atoms with Crippen LogP contribution in [0.4, 0.5) is 0 Å². The van der Waals surface area contributed by atoms with Gasteiger partial charge >= 0.3 is 5.97 Å². The summed E-state index contributed by atoms with van der Waals surface area (Å²) in [5.74, 6) is -0.339. The van der Waals surface area contributed by atoms with Crippen LogP contribution >= 0.6 is 0 Å². The number of hydrogen-bond donors (Lipinski definition) is 1. The van der Waals surface area contributed by atoms with Crippen molar-refractivity contribution in [3.63, 3.8) is 0 Å². The fraction of sp³-hybridized carbons (Fsp3) is 0.611. The van der Waals surface area contributed by atoms with Gasteiger partial charge in [-0.2, -0.15) is 0 Å². The van der Waals surface area contributed by atoms with Crippen molar-refractivity contribution >= 4 is 5.97 Å². The number of ether oxygens (including phenoxy) is 3. The maximum atomic E-state index is 11.4. The van der Waals surface area contributed by atoms with Crippen LogP contribution in [0.1, 0.15) is 47.6 Å². The zero-order valence-electron chi connectivity index (χ0n) is 13.6. The van der Waals surface area contributed by atoms with Gasteiger partial charge < -0.3 is 19.9 Å². The average Bonchev–Trinajstić information content (AvgIpc) is 2.62. The molecular formula is C18H25NO4. The molecule has 0 unspecified atom stereocenters. The van der Waals surface area contributed by atoms with E-state index in [-0.39, 0.29) is 17.4 Å². The van der Waals surface area contributed by atoms with Crippen LogP contribution in [0.3, 0.4) is 0 Å². The van der Waals surface area contributed by atoms with Gasteiger partial charge in [0.15, 0.2) is 0 Å². The quantitative estimate of drug-likeness (QED) is 0.816. The normalized spacial score (nSPS) is 27.7. The molecule has 1 aromatic rings. The van der Waals surface area contributed by atoms with Crippen molar-refractivity contribution in [1.82, 2.24) is 0 Å². The fourth-order valence-electron chi connectivity index (χ4n) is 3.48. The van der Waals surface area contributed by atoms with Crippen molar-refractivity contribution in [2.75, 3.05) is 26.9 Å². The van der Waals surface area contributed by atoms with E-state index >= 15 is 0 Å². The summed E-state index contributed by atoms with van der Waals surface area (Å²) < 4.78 is 16.4. The monoisotopic (exact) mass is 319 g/mol. The highest BCUT2D eigenvalue weighted by molar-refractivity contribution is 5.89. The largest absolute Gasteiger partial charge is 0.465 e. The third-order valence-electron chi connectivity index (χ3n) is 5.08. The minimum atomic E-state index is -0.339. The molecule has 1 atom stereocenters. The summed E-state index contributed by atoms with van der Waals surface area (Å²) in [5.41, 5.74) is 7.87. The van der Waals surface area contributed by atoms with Gasteiger partial charge in [0.05, 0.1) is 44.6 Å². The summed E-state index contributed by atoms with van der Waals surface area (Å²) in [6, 6.07) is 6.98. The van der Waals surface area contributed by atoms with Crippen LogP contribution in [0.15, 0.2) is 24.3 Å². The molecule has 5 nitrogen and oxygen atoms in total. The van der Waals surface area contributed by atoms with Crippen LogP contribution in [-0.2, 0) is 14.2 Å². The number of methoxy groups -OCH3 is 1. The highest BCUT2D eigenvalue weighted by atomic mass is 16.5. The Kier molecular flexibility index (Phi) is 4.99. The van der Waals surface area contributed by atoms with Crippen molar-refractivity contribution in [3.05, 3.63) is 35.4 Å². The van der Waals surface area contributed by atoms with Gasteiger partial charge in [0.1, 0.15) is 0 Å². The van der Waals surface area contributed by atoms with Crippen LogP contribution in [-0.4, -0.2) is 39.0 Å². The highest BCUT2D eigenvalue weighted by Crippen LogP contribution is 2.43. The summed E-state index contributed by atoms with van der Waals surface area (Å²) in [7, 11) is 1.37. The lowest BCUT2D eigenvalue weighted by atomic mass is 9.72. The molecule has 3 aliphatic rings. The Hall–Kier alpha value is -1.43. The average molecular weight is 319 g/mol. The first kappa shape index (κ1) is 16.4. The number of nitrogens with two attached hydrogens (primary N) is 1. The molecule has 3 fully saturated rings. The molecule has 1 saturated carbocycles.